The number of fused-ring (bicyclic) bond motifs is 1. The molecule has 2 unspecified atom stereocenters. The lowest BCUT2D eigenvalue weighted by molar-refractivity contribution is 0.0574. The number of nitrogens with zero attached hydrogens (tertiary/aromatic N) is 3. The van der Waals surface area contributed by atoms with Crippen molar-refractivity contribution in [2.75, 3.05) is 6.54 Å². The molecule has 5 nitrogen and oxygen atoms in total. The molecule has 0 radical (unpaired) electrons. The summed E-state index contributed by atoms with van der Waals surface area (Å²) in [6.45, 7) is 5.22. The van der Waals surface area contributed by atoms with Crippen molar-refractivity contribution >= 4 is 28.4 Å². The van der Waals surface area contributed by atoms with E-state index >= 15 is 0 Å². The molecular weight excluding hydrogens is 470 g/mol. The smallest absolute Gasteiger partial charge is 0.261 e. The molecule has 36 heavy (non-hydrogen) atoms. The lowest BCUT2D eigenvalue weighted by atomic mass is 9.89. The number of carbonyl (C=O) groups excluding carboxylic acids is 1. The van der Waals surface area contributed by atoms with Crippen molar-refractivity contribution in [3.63, 3.8) is 0 Å². The first-order valence-corrected chi connectivity index (χ1v) is 12.9. The van der Waals surface area contributed by atoms with Gasteiger partial charge in [0.2, 0.25) is 0 Å². The minimum absolute atomic E-state index is 0.0346. The Morgan fingerprint density at radius 3 is 2.56 bits per heavy atom. The van der Waals surface area contributed by atoms with E-state index in [1.807, 2.05) is 66.4 Å². The van der Waals surface area contributed by atoms with Crippen LogP contribution in [0.25, 0.3) is 10.9 Å². The number of hydrogen-bond donors (Lipinski definition) is 0. The molecule has 184 valence electrons. The third-order valence-corrected chi connectivity index (χ3v) is 7.46. The van der Waals surface area contributed by atoms with E-state index in [2.05, 4.69) is 6.92 Å². The zero-order chi connectivity index (χ0) is 25.2. The third-order valence-electron chi connectivity index (χ3n) is 7.22. The van der Waals surface area contributed by atoms with Gasteiger partial charge in [0, 0.05) is 29.1 Å². The number of likely N-dealkylation sites (tertiary alicyclic amines) is 1. The predicted molar refractivity (Wildman–Crippen MR) is 145 cm³/mol. The van der Waals surface area contributed by atoms with Gasteiger partial charge < -0.3 is 4.90 Å². The Kier molecular flexibility index (Phi) is 6.92. The van der Waals surface area contributed by atoms with Gasteiger partial charge in [0.25, 0.3) is 11.5 Å². The summed E-state index contributed by atoms with van der Waals surface area (Å²) in [7, 11) is 0. The van der Waals surface area contributed by atoms with Crippen LogP contribution in [0.15, 0.2) is 77.6 Å². The maximum Gasteiger partial charge on any atom is 0.261 e. The van der Waals surface area contributed by atoms with Crippen molar-refractivity contribution < 1.29 is 4.79 Å². The van der Waals surface area contributed by atoms with Crippen molar-refractivity contribution in [3.8, 4) is 0 Å². The average Bonchev–Trinajstić information content (AvgIpc) is 2.90. The van der Waals surface area contributed by atoms with Crippen LogP contribution < -0.4 is 5.56 Å². The minimum atomic E-state index is -0.139. The molecule has 4 aromatic rings. The number of benzene rings is 3. The van der Waals surface area contributed by atoms with Gasteiger partial charge in [-0.25, -0.2) is 4.98 Å². The fourth-order valence-corrected chi connectivity index (χ4v) is 5.41. The van der Waals surface area contributed by atoms with Gasteiger partial charge in [0.05, 0.1) is 17.4 Å². The molecule has 6 heteroatoms. The summed E-state index contributed by atoms with van der Waals surface area (Å²) >= 11 is 6.26. The largest absolute Gasteiger partial charge is 0.335 e. The van der Waals surface area contributed by atoms with Gasteiger partial charge in [0.1, 0.15) is 5.82 Å². The van der Waals surface area contributed by atoms with Crippen LogP contribution in [0.5, 0.6) is 0 Å². The zero-order valence-electron chi connectivity index (χ0n) is 20.7. The first-order chi connectivity index (χ1) is 17.4. The highest BCUT2D eigenvalue weighted by Crippen LogP contribution is 2.31. The predicted octanol–water partition coefficient (Wildman–Crippen LogP) is 6.21. The first-order valence-electron chi connectivity index (χ1n) is 12.5. The summed E-state index contributed by atoms with van der Waals surface area (Å²) in [4.78, 5) is 34.3. The van der Waals surface area contributed by atoms with Crippen LogP contribution >= 0.6 is 11.6 Å². The summed E-state index contributed by atoms with van der Waals surface area (Å²) in [6.07, 6.45) is 2.88. The normalized spacial score (nSPS) is 16.8. The van der Waals surface area contributed by atoms with Gasteiger partial charge in [0.15, 0.2) is 0 Å². The number of piperidine rings is 1. The Morgan fingerprint density at radius 1 is 1.06 bits per heavy atom. The van der Waals surface area contributed by atoms with Crippen LogP contribution in [0.4, 0.5) is 0 Å². The van der Waals surface area contributed by atoms with E-state index in [1.54, 1.807) is 22.8 Å². The molecule has 2 heterocycles. The van der Waals surface area contributed by atoms with E-state index in [4.69, 9.17) is 16.6 Å². The molecule has 0 saturated carbocycles. The standard InChI is InChI=1S/C30H30ClN3O2/c1-20-11-13-23(14-12-20)29(35)33-17-7-6-10-27(33)21(2)28-32-26-18-24(31)15-16-25(26)30(36)34(28)19-22-8-4-3-5-9-22/h3-5,8-9,11-16,18,21,27H,6-7,10,17,19H2,1-2H3. The number of halogens is 1. The monoisotopic (exact) mass is 499 g/mol. The van der Waals surface area contributed by atoms with Crippen LogP contribution in [0.1, 0.15) is 59.4 Å². The number of amides is 1. The van der Waals surface area contributed by atoms with Crippen LogP contribution in [0.3, 0.4) is 0 Å². The van der Waals surface area contributed by atoms with Gasteiger partial charge in [-0.3, -0.25) is 14.2 Å². The van der Waals surface area contributed by atoms with Crippen LogP contribution in [0, 0.1) is 6.92 Å². The van der Waals surface area contributed by atoms with Gasteiger partial charge in [-0.1, -0.05) is 66.6 Å². The second kappa shape index (κ2) is 10.3. The molecule has 1 fully saturated rings. The summed E-state index contributed by atoms with van der Waals surface area (Å²) in [5, 5.41) is 1.09. The van der Waals surface area contributed by atoms with Crippen molar-refractivity contribution in [1.82, 2.24) is 14.5 Å². The molecule has 1 aliphatic rings. The van der Waals surface area contributed by atoms with Gasteiger partial charge in [-0.15, -0.1) is 0 Å². The summed E-state index contributed by atoms with van der Waals surface area (Å²) in [5.74, 6) is 0.582. The van der Waals surface area contributed by atoms with Gasteiger partial charge in [-0.05, 0) is 62.1 Å². The maximum atomic E-state index is 13.7. The second-order valence-corrected chi connectivity index (χ2v) is 10.2. The zero-order valence-corrected chi connectivity index (χ0v) is 21.4. The van der Waals surface area contributed by atoms with E-state index < -0.39 is 0 Å². The quantitative estimate of drug-likeness (QED) is 0.328. The number of aryl methyl sites for hydroxylation is 1. The molecule has 0 spiro atoms. The molecule has 1 aliphatic heterocycles. The topological polar surface area (TPSA) is 55.2 Å². The van der Waals surface area contributed by atoms with Gasteiger partial charge >= 0.3 is 0 Å². The van der Waals surface area contributed by atoms with Crippen molar-refractivity contribution in [2.45, 2.75) is 51.6 Å². The summed E-state index contributed by atoms with van der Waals surface area (Å²) in [5.41, 5.74) is 3.35. The molecule has 1 aromatic heterocycles. The minimum Gasteiger partial charge on any atom is -0.335 e. The Morgan fingerprint density at radius 2 is 1.81 bits per heavy atom. The highest BCUT2D eigenvalue weighted by Gasteiger charge is 2.34. The number of hydrogen-bond acceptors (Lipinski definition) is 3. The van der Waals surface area contributed by atoms with Crippen molar-refractivity contribution in [1.29, 1.82) is 0 Å². The molecule has 0 bridgehead atoms. The van der Waals surface area contributed by atoms with Crippen molar-refractivity contribution in [3.05, 3.63) is 111 Å². The van der Waals surface area contributed by atoms with E-state index in [0.29, 0.717) is 40.4 Å². The Hall–Kier alpha value is -3.44. The maximum absolute atomic E-state index is 13.7. The fourth-order valence-electron chi connectivity index (χ4n) is 5.24. The van der Waals surface area contributed by atoms with E-state index in [-0.39, 0.29) is 23.4 Å². The number of rotatable bonds is 5. The van der Waals surface area contributed by atoms with Crippen LogP contribution in [-0.2, 0) is 6.54 Å². The summed E-state index contributed by atoms with van der Waals surface area (Å²) in [6, 6.07) is 22.9. The lowest BCUT2D eigenvalue weighted by Crippen LogP contribution is -2.47. The van der Waals surface area contributed by atoms with Crippen LogP contribution in [-0.4, -0.2) is 32.9 Å². The Balaban J connectivity index is 1.59. The fraction of sp³-hybridized carbons (Fsp3) is 0.300. The Labute approximate surface area is 216 Å². The molecule has 2 atom stereocenters. The average molecular weight is 500 g/mol. The van der Waals surface area contributed by atoms with Crippen molar-refractivity contribution in [2.24, 2.45) is 0 Å². The summed E-state index contributed by atoms with van der Waals surface area (Å²) < 4.78 is 1.78. The van der Waals surface area contributed by atoms with E-state index in [0.717, 1.165) is 30.4 Å². The Bertz CT molecular complexity index is 1450. The molecule has 5 rings (SSSR count). The molecule has 3 aromatic carbocycles. The lowest BCUT2D eigenvalue weighted by Gasteiger charge is -2.39. The molecule has 1 amide bonds. The molecule has 0 N–H and O–H groups in total. The molecular formula is C30H30ClN3O2. The third kappa shape index (κ3) is 4.80. The molecule has 0 aliphatic carbocycles. The molecule has 1 saturated heterocycles. The first kappa shape index (κ1) is 24.3. The van der Waals surface area contributed by atoms with E-state index in [9.17, 15) is 9.59 Å². The van der Waals surface area contributed by atoms with Crippen LogP contribution in [0.2, 0.25) is 5.02 Å². The van der Waals surface area contributed by atoms with E-state index in [1.165, 1.54) is 0 Å². The second-order valence-electron chi connectivity index (χ2n) is 9.72. The highest BCUT2D eigenvalue weighted by atomic mass is 35.5. The number of carbonyl (C=O) groups is 1. The van der Waals surface area contributed by atoms with Gasteiger partial charge in [-0.2, -0.15) is 0 Å². The highest BCUT2D eigenvalue weighted by molar-refractivity contribution is 6.31. The number of aromatic nitrogens is 2. The SMILES string of the molecule is Cc1ccc(C(=O)N2CCCCC2C(C)c2nc3cc(Cl)ccc3c(=O)n2Cc2ccccc2)cc1.